The molecular formula is C24H19N3O5. The van der Waals surface area contributed by atoms with Crippen LogP contribution in [-0.4, -0.2) is 44.9 Å². The standard InChI is InChI=1S/C24H19N3O5/c28-22(16-5-6-18-19(11-16)32-10-9-31-18)20-21(17-4-2-8-26-13-17)27(24(30)23(20)29)14-15-3-1-7-25-12-15/h1-8,11-13,21,28H,9-10,14H2/t21-/m0/s1. The quantitative estimate of drug-likeness (QED) is 0.387. The number of likely N-dealkylation sites (tertiary alicyclic amines) is 1. The summed E-state index contributed by atoms with van der Waals surface area (Å²) >= 11 is 0. The van der Waals surface area contributed by atoms with Crippen LogP contribution in [0.2, 0.25) is 0 Å². The molecule has 4 heterocycles. The van der Waals surface area contributed by atoms with Crippen molar-refractivity contribution in [2.24, 2.45) is 0 Å². The molecular weight excluding hydrogens is 410 g/mol. The second-order valence-corrected chi connectivity index (χ2v) is 7.43. The van der Waals surface area contributed by atoms with Gasteiger partial charge in [0.05, 0.1) is 11.6 Å². The summed E-state index contributed by atoms with van der Waals surface area (Å²) in [4.78, 5) is 35.8. The highest BCUT2D eigenvalue weighted by Gasteiger charge is 2.46. The fourth-order valence-electron chi connectivity index (χ4n) is 3.96. The SMILES string of the molecule is O=C1C(=O)N(Cc2cccnc2)[C@@H](c2cccnc2)C1=C(O)c1ccc2c(c1)OCCO2. The Morgan fingerprint density at radius 2 is 1.75 bits per heavy atom. The average Bonchev–Trinajstić information content (AvgIpc) is 3.09. The minimum Gasteiger partial charge on any atom is -0.507 e. The largest absolute Gasteiger partial charge is 0.507 e. The smallest absolute Gasteiger partial charge is 0.295 e. The molecule has 32 heavy (non-hydrogen) atoms. The molecule has 2 aromatic heterocycles. The lowest BCUT2D eigenvalue weighted by Crippen LogP contribution is -2.29. The van der Waals surface area contributed by atoms with E-state index in [9.17, 15) is 14.7 Å². The highest BCUT2D eigenvalue weighted by molar-refractivity contribution is 6.46. The molecule has 1 fully saturated rings. The highest BCUT2D eigenvalue weighted by Crippen LogP contribution is 2.41. The molecule has 8 nitrogen and oxygen atoms in total. The molecule has 0 spiro atoms. The Hall–Kier alpha value is -4.20. The van der Waals surface area contributed by atoms with Gasteiger partial charge in [-0.2, -0.15) is 0 Å². The first-order valence-corrected chi connectivity index (χ1v) is 10.1. The fraction of sp³-hybridized carbons (Fsp3) is 0.167. The Labute approximate surface area is 183 Å². The number of rotatable bonds is 4. The topological polar surface area (TPSA) is 102 Å². The molecule has 1 atom stereocenters. The average molecular weight is 429 g/mol. The molecule has 0 saturated carbocycles. The van der Waals surface area contributed by atoms with Crippen LogP contribution < -0.4 is 9.47 Å². The Morgan fingerprint density at radius 3 is 2.47 bits per heavy atom. The van der Waals surface area contributed by atoms with Crippen LogP contribution in [0.3, 0.4) is 0 Å². The van der Waals surface area contributed by atoms with Crippen LogP contribution in [-0.2, 0) is 16.1 Å². The number of ether oxygens (including phenoxy) is 2. The number of carbonyl (C=O) groups is 2. The number of aromatic nitrogens is 2. The fourth-order valence-corrected chi connectivity index (χ4v) is 3.96. The summed E-state index contributed by atoms with van der Waals surface area (Å²) in [6, 6.07) is 11.2. The first-order valence-electron chi connectivity index (χ1n) is 10.1. The van der Waals surface area contributed by atoms with Crippen molar-refractivity contribution in [3.05, 3.63) is 89.5 Å². The summed E-state index contributed by atoms with van der Waals surface area (Å²) in [5, 5.41) is 11.2. The molecule has 5 rings (SSSR count). The van der Waals surface area contributed by atoms with E-state index in [0.717, 1.165) is 5.56 Å². The van der Waals surface area contributed by atoms with Crippen molar-refractivity contribution in [3.63, 3.8) is 0 Å². The summed E-state index contributed by atoms with van der Waals surface area (Å²) in [5.74, 6) is -0.684. The lowest BCUT2D eigenvalue weighted by atomic mass is 9.96. The molecule has 1 aromatic carbocycles. The van der Waals surface area contributed by atoms with Gasteiger partial charge in [0, 0.05) is 36.9 Å². The van der Waals surface area contributed by atoms with Gasteiger partial charge in [0.2, 0.25) is 0 Å². The third-order valence-corrected chi connectivity index (χ3v) is 5.43. The number of ketones is 1. The number of carbonyl (C=O) groups excluding carboxylic acids is 2. The predicted octanol–water partition coefficient (Wildman–Crippen LogP) is 2.87. The van der Waals surface area contributed by atoms with E-state index in [1.54, 1.807) is 61.2 Å². The number of fused-ring (bicyclic) bond motifs is 1. The number of pyridine rings is 2. The van der Waals surface area contributed by atoms with Gasteiger partial charge in [0.25, 0.3) is 11.7 Å². The minimum atomic E-state index is -0.794. The summed E-state index contributed by atoms with van der Waals surface area (Å²) in [6.07, 6.45) is 6.47. The van der Waals surface area contributed by atoms with Gasteiger partial charge in [-0.1, -0.05) is 12.1 Å². The maximum Gasteiger partial charge on any atom is 0.295 e. The van der Waals surface area contributed by atoms with Crippen LogP contribution in [0, 0.1) is 0 Å². The first-order chi connectivity index (χ1) is 15.6. The third kappa shape index (κ3) is 3.45. The molecule has 2 aliphatic heterocycles. The molecule has 0 aliphatic carbocycles. The highest BCUT2D eigenvalue weighted by atomic mass is 16.6. The van der Waals surface area contributed by atoms with Gasteiger partial charge in [-0.3, -0.25) is 19.6 Å². The number of benzene rings is 1. The molecule has 1 saturated heterocycles. The van der Waals surface area contributed by atoms with Gasteiger partial charge < -0.3 is 19.5 Å². The van der Waals surface area contributed by atoms with E-state index in [4.69, 9.17) is 9.47 Å². The van der Waals surface area contributed by atoms with E-state index in [-0.39, 0.29) is 17.9 Å². The summed E-state index contributed by atoms with van der Waals surface area (Å²) in [7, 11) is 0. The number of Topliss-reactive ketones (excluding diaryl/α,β-unsaturated/α-hetero) is 1. The van der Waals surface area contributed by atoms with Gasteiger partial charge >= 0.3 is 0 Å². The van der Waals surface area contributed by atoms with E-state index in [1.807, 2.05) is 6.07 Å². The van der Waals surface area contributed by atoms with Crippen molar-refractivity contribution in [3.8, 4) is 11.5 Å². The summed E-state index contributed by atoms with van der Waals surface area (Å²) in [6.45, 7) is 0.997. The second kappa shape index (κ2) is 8.14. The Balaban J connectivity index is 1.62. The van der Waals surface area contributed by atoms with Gasteiger partial charge in [0.15, 0.2) is 11.5 Å². The first kappa shape index (κ1) is 19.7. The van der Waals surface area contributed by atoms with Gasteiger partial charge in [-0.25, -0.2) is 0 Å². The van der Waals surface area contributed by atoms with Crippen molar-refractivity contribution < 1.29 is 24.2 Å². The van der Waals surface area contributed by atoms with Crippen molar-refractivity contribution in [1.29, 1.82) is 0 Å². The summed E-state index contributed by atoms with van der Waals surface area (Å²) in [5.41, 5.74) is 1.75. The monoisotopic (exact) mass is 429 g/mol. The maximum atomic E-state index is 13.1. The van der Waals surface area contributed by atoms with Gasteiger partial charge in [0.1, 0.15) is 19.0 Å². The summed E-state index contributed by atoms with van der Waals surface area (Å²) < 4.78 is 11.1. The lowest BCUT2D eigenvalue weighted by Gasteiger charge is -2.25. The van der Waals surface area contributed by atoms with Crippen molar-refractivity contribution in [2.45, 2.75) is 12.6 Å². The minimum absolute atomic E-state index is 0.00330. The van der Waals surface area contributed by atoms with Gasteiger partial charge in [-0.05, 0) is 41.5 Å². The molecule has 1 N–H and O–H groups in total. The van der Waals surface area contributed by atoms with Crippen LogP contribution in [0.5, 0.6) is 11.5 Å². The lowest BCUT2D eigenvalue weighted by molar-refractivity contribution is -0.140. The zero-order valence-electron chi connectivity index (χ0n) is 17.0. The molecule has 1 amide bonds. The van der Waals surface area contributed by atoms with E-state index >= 15 is 0 Å². The van der Waals surface area contributed by atoms with Crippen molar-refractivity contribution >= 4 is 17.4 Å². The van der Waals surface area contributed by atoms with Crippen molar-refractivity contribution in [2.75, 3.05) is 13.2 Å². The van der Waals surface area contributed by atoms with Crippen LogP contribution in [0.4, 0.5) is 0 Å². The molecule has 160 valence electrons. The number of nitrogens with zero attached hydrogens (tertiary/aromatic N) is 3. The number of hydrogen-bond donors (Lipinski definition) is 1. The second-order valence-electron chi connectivity index (χ2n) is 7.43. The van der Waals surface area contributed by atoms with Crippen LogP contribution in [0.25, 0.3) is 5.76 Å². The maximum absolute atomic E-state index is 13.1. The Morgan fingerprint density at radius 1 is 1.00 bits per heavy atom. The number of aliphatic hydroxyl groups excluding tert-OH is 1. The predicted molar refractivity (Wildman–Crippen MR) is 114 cm³/mol. The van der Waals surface area contributed by atoms with Crippen LogP contribution in [0.1, 0.15) is 22.7 Å². The molecule has 0 bridgehead atoms. The molecule has 0 unspecified atom stereocenters. The third-order valence-electron chi connectivity index (χ3n) is 5.43. The number of aliphatic hydroxyl groups is 1. The number of amides is 1. The van der Waals surface area contributed by atoms with Crippen molar-refractivity contribution in [1.82, 2.24) is 14.9 Å². The molecule has 3 aromatic rings. The molecule has 8 heteroatoms. The zero-order chi connectivity index (χ0) is 22.1. The van der Waals surface area contributed by atoms with Gasteiger partial charge in [-0.15, -0.1) is 0 Å². The molecule has 0 radical (unpaired) electrons. The molecule has 2 aliphatic rings. The normalized spacial score (nSPS) is 19.2. The van der Waals surface area contributed by atoms with Crippen LogP contribution >= 0.6 is 0 Å². The van der Waals surface area contributed by atoms with E-state index < -0.39 is 17.7 Å². The van der Waals surface area contributed by atoms with E-state index in [1.165, 1.54) is 4.90 Å². The Kier molecular flexibility index (Phi) is 5.03. The number of hydrogen-bond acceptors (Lipinski definition) is 7. The van der Waals surface area contributed by atoms with E-state index in [0.29, 0.717) is 35.8 Å². The van der Waals surface area contributed by atoms with Crippen LogP contribution in [0.15, 0.2) is 72.8 Å². The van der Waals surface area contributed by atoms with E-state index in [2.05, 4.69) is 9.97 Å². The Bertz CT molecular complexity index is 1210. The zero-order valence-corrected chi connectivity index (χ0v) is 17.0.